The Balaban J connectivity index is 1.80. The summed E-state index contributed by atoms with van der Waals surface area (Å²) in [6.45, 7) is 3.32. The molecule has 0 spiro atoms. The highest BCUT2D eigenvalue weighted by Crippen LogP contribution is 2.20. The fourth-order valence-corrected chi connectivity index (χ4v) is 5.09. The Hall–Kier alpha value is -1.22. The van der Waals surface area contributed by atoms with Gasteiger partial charge in [-0.3, -0.25) is 0 Å². The zero-order valence-corrected chi connectivity index (χ0v) is 15.6. The van der Waals surface area contributed by atoms with E-state index in [4.69, 9.17) is 28.2 Å². The monoisotopic (exact) mass is 388 g/mol. The third kappa shape index (κ3) is 3.88. The van der Waals surface area contributed by atoms with Crippen molar-refractivity contribution in [1.82, 2.24) is 9.78 Å². The van der Waals surface area contributed by atoms with Crippen molar-refractivity contribution in [3.8, 4) is 11.5 Å². The van der Waals surface area contributed by atoms with Crippen LogP contribution in [0.5, 0.6) is 0 Å². The Morgan fingerprint density at radius 3 is 2.71 bits per heavy atom. The van der Waals surface area contributed by atoms with E-state index in [9.17, 15) is 8.42 Å². The largest absolute Gasteiger partial charge is 0.409 e. The van der Waals surface area contributed by atoms with Gasteiger partial charge in [-0.1, -0.05) is 11.6 Å². The van der Waals surface area contributed by atoms with Crippen LogP contribution in [0.15, 0.2) is 28.7 Å². The Bertz CT molecular complexity index is 874. The molecular weight excluding hydrogens is 370 g/mol. The minimum absolute atomic E-state index is 0.0811. The van der Waals surface area contributed by atoms with Crippen LogP contribution in [-0.2, 0) is 16.5 Å². The molecule has 0 bridgehead atoms. The number of benzene rings is 1. The van der Waals surface area contributed by atoms with Crippen LogP contribution in [0.4, 0.5) is 0 Å². The van der Waals surface area contributed by atoms with E-state index in [1.165, 1.54) is 0 Å². The van der Waals surface area contributed by atoms with Gasteiger partial charge in [-0.05, 0) is 43.4 Å². The quantitative estimate of drug-likeness (QED) is 0.787. The van der Waals surface area contributed by atoms with Crippen LogP contribution < -0.4 is 4.90 Å². The third-order valence-electron chi connectivity index (χ3n) is 4.31. The number of quaternary nitrogens is 1. The first-order valence-corrected chi connectivity index (χ1v) is 10.4. The maximum atomic E-state index is 11.7. The van der Waals surface area contributed by atoms with Crippen molar-refractivity contribution in [3.05, 3.63) is 34.1 Å². The zero-order valence-electron chi connectivity index (χ0n) is 13.2. The molecule has 24 heavy (non-hydrogen) atoms. The van der Waals surface area contributed by atoms with Crippen molar-refractivity contribution in [2.75, 3.05) is 18.1 Å². The van der Waals surface area contributed by atoms with Gasteiger partial charge in [-0.25, -0.2) is 8.42 Å². The minimum atomic E-state index is -2.91. The molecule has 0 aliphatic carbocycles. The summed E-state index contributed by atoms with van der Waals surface area (Å²) in [5.74, 6) is 0.929. The van der Waals surface area contributed by atoms with Crippen molar-refractivity contribution in [1.29, 1.82) is 0 Å². The summed E-state index contributed by atoms with van der Waals surface area (Å²) >= 11 is 11.2. The average molecular weight is 389 g/mol. The Kier molecular flexibility index (Phi) is 5.10. The number of nitrogens with zero attached hydrogens (tertiary/aromatic N) is 2. The summed E-state index contributed by atoms with van der Waals surface area (Å²) in [6, 6.07) is 7.25. The summed E-state index contributed by atoms with van der Waals surface area (Å²) in [5.41, 5.74) is 0.797. The highest BCUT2D eigenvalue weighted by atomic mass is 35.5. The van der Waals surface area contributed by atoms with Crippen molar-refractivity contribution in [3.63, 3.8) is 0 Å². The lowest BCUT2D eigenvalue weighted by atomic mass is 10.2. The third-order valence-corrected chi connectivity index (χ3v) is 6.63. The van der Waals surface area contributed by atoms with Crippen LogP contribution in [-0.4, -0.2) is 42.3 Å². The van der Waals surface area contributed by atoms with Gasteiger partial charge in [0, 0.05) is 17.0 Å². The molecule has 6 nitrogen and oxygen atoms in total. The van der Waals surface area contributed by atoms with Gasteiger partial charge in [0.2, 0.25) is 5.89 Å². The van der Waals surface area contributed by atoms with Gasteiger partial charge in [-0.2, -0.15) is 4.68 Å². The molecule has 3 rings (SSSR count). The number of nitrogens with one attached hydrogen (secondary N) is 1. The number of halogens is 1. The van der Waals surface area contributed by atoms with Gasteiger partial charge >= 0.3 is 0 Å². The van der Waals surface area contributed by atoms with Crippen molar-refractivity contribution in [2.45, 2.75) is 26.1 Å². The summed E-state index contributed by atoms with van der Waals surface area (Å²) < 4.78 is 30.6. The van der Waals surface area contributed by atoms with E-state index in [0.717, 1.165) is 17.0 Å². The molecule has 1 aromatic carbocycles. The maximum absolute atomic E-state index is 11.7. The highest BCUT2D eigenvalue weighted by Gasteiger charge is 2.35. The number of sulfone groups is 1. The summed E-state index contributed by atoms with van der Waals surface area (Å²) in [5, 5.41) is 5.08. The summed E-state index contributed by atoms with van der Waals surface area (Å²) in [6.07, 6.45) is 0.681. The van der Waals surface area contributed by atoms with E-state index in [1.54, 1.807) is 16.8 Å². The van der Waals surface area contributed by atoms with Gasteiger partial charge in [0.25, 0.3) is 4.84 Å². The van der Waals surface area contributed by atoms with E-state index >= 15 is 0 Å². The Labute approximate surface area is 150 Å². The molecule has 1 fully saturated rings. The van der Waals surface area contributed by atoms with Gasteiger partial charge in [0.05, 0.1) is 12.3 Å². The lowest BCUT2D eigenvalue weighted by Crippen LogP contribution is -3.15. The molecule has 0 amide bonds. The number of aromatic nitrogens is 2. The topological polar surface area (TPSA) is 69.5 Å². The molecule has 1 N–H and O–H groups in total. The molecule has 1 aliphatic heterocycles. The number of hydrogen-bond donors (Lipinski definition) is 1. The first-order valence-electron chi connectivity index (χ1n) is 7.77. The number of rotatable bonds is 5. The lowest BCUT2D eigenvalue weighted by Gasteiger charge is -2.22. The van der Waals surface area contributed by atoms with Crippen LogP contribution in [0.2, 0.25) is 5.02 Å². The van der Waals surface area contributed by atoms with E-state index in [2.05, 4.69) is 5.10 Å². The minimum Gasteiger partial charge on any atom is -0.409 e. The lowest BCUT2D eigenvalue weighted by molar-refractivity contribution is -0.943. The zero-order chi connectivity index (χ0) is 17.3. The predicted octanol–water partition coefficient (Wildman–Crippen LogP) is 1.58. The predicted molar refractivity (Wildman–Crippen MR) is 94.3 cm³/mol. The second kappa shape index (κ2) is 6.95. The van der Waals surface area contributed by atoms with Gasteiger partial charge in [0.1, 0.15) is 11.8 Å². The van der Waals surface area contributed by atoms with Crippen LogP contribution in [0.1, 0.15) is 13.3 Å². The molecular formula is C15H19ClN3O3S2+. The SMILES string of the molecule is CC[NH+](Cn1nc(-c2ccc(Cl)cc2)oc1=S)[C@H]1CCS(=O)(=O)C1. The standard InChI is InChI=1S/C15H18ClN3O3S2/c1-2-18(13-7-8-24(20,21)9-13)10-19-15(23)22-14(17-19)11-3-5-12(16)6-4-11/h3-6,13H,2,7-10H2,1H3/p+1/t13-/m0/s1. The normalized spacial score (nSPS) is 21.0. The maximum Gasteiger partial charge on any atom is 0.292 e. The Morgan fingerprint density at radius 1 is 1.42 bits per heavy atom. The van der Waals surface area contributed by atoms with Crippen LogP contribution >= 0.6 is 23.8 Å². The fraction of sp³-hybridized carbons (Fsp3) is 0.467. The van der Waals surface area contributed by atoms with E-state index < -0.39 is 9.84 Å². The van der Waals surface area contributed by atoms with E-state index in [1.807, 2.05) is 19.1 Å². The van der Waals surface area contributed by atoms with Gasteiger partial charge < -0.3 is 9.32 Å². The van der Waals surface area contributed by atoms with Crippen molar-refractivity contribution >= 4 is 33.7 Å². The van der Waals surface area contributed by atoms with E-state index in [-0.39, 0.29) is 22.4 Å². The average Bonchev–Trinajstić information content (AvgIpc) is 3.08. The van der Waals surface area contributed by atoms with Crippen LogP contribution in [0.25, 0.3) is 11.5 Å². The van der Waals surface area contributed by atoms with Crippen LogP contribution in [0, 0.1) is 4.84 Å². The second-order valence-corrected chi connectivity index (χ2v) is 8.96. The molecule has 0 radical (unpaired) electrons. The number of hydrogen-bond acceptors (Lipinski definition) is 5. The van der Waals surface area contributed by atoms with Gasteiger partial charge in [-0.15, -0.1) is 5.10 Å². The molecule has 0 saturated carbocycles. The molecule has 1 aliphatic rings. The molecule has 2 atom stereocenters. The molecule has 130 valence electrons. The molecule has 1 unspecified atom stereocenters. The van der Waals surface area contributed by atoms with E-state index in [0.29, 0.717) is 24.0 Å². The van der Waals surface area contributed by atoms with Crippen molar-refractivity contribution in [2.24, 2.45) is 0 Å². The molecule has 1 aromatic heterocycles. The second-order valence-electron chi connectivity index (χ2n) is 5.95. The highest BCUT2D eigenvalue weighted by molar-refractivity contribution is 7.91. The Morgan fingerprint density at radius 2 is 2.12 bits per heavy atom. The molecule has 1 saturated heterocycles. The first kappa shape index (κ1) is 17.6. The molecule has 2 aromatic rings. The van der Waals surface area contributed by atoms with Gasteiger partial charge in [0.15, 0.2) is 16.5 Å². The van der Waals surface area contributed by atoms with Crippen molar-refractivity contribution < 1.29 is 17.7 Å². The summed E-state index contributed by atoms with van der Waals surface area (Å²) in [7, 11) is -2.91. The summed E-state index contributed by atoms with van der Waals surface area (Å²) in [4.78, 5) is 1.43. The van der Waals surface area contributed by atoms with Crippen LogP contribution in [0.3, 0.4) is 0 Å². The molecule has 9 heteroatoms. The fourth-order valence-electron chi connectivity index (χ4n) is 2.95. The molecule has 2 heterocycles. The smallest absolute Gasteiger partial charge is 0.292 e. The first-order chi connectivity index (χ1) is 11.4.